The van der Waals surface area contributed by atoms with Crippen LogP contribution >= 0.6 is 23.2 Å². The number of aromatic nitrogens is 2. The Morgan fingerprint density at radius 3 is 2.76 bits per heavy atom. The van der Waals surface area contributed by atoms with Crippen LogP contribution in [-0.4, -0.2) is 39.3 Å². The first-order chi connectivity index (χ1) is 10.2. The summed E-state index contributed by atoms with van der Waals surface area (Å²) in [6.45, 7) is 2.05. The number of amides is 1. The van der Waals surface area contributed by atoms with Gasteiger partial charge in [-0.3, -0.25) is 4.79 Å². The molecule has 0 bridgehead atoms. The zero-order valence-electron chi connectivity index (χ0n) is 11.7. The standard InChI is InChI=1S/C15H17Cl2N3O/c16-6-5-14-18-12-9-11(17)3-4-13(12)20(14)10-15(21)19-7-1-2-8-19/h3-4,9H,1-2,5-8,10H2. The molecule has 1 fully saturated rings. The number of nitrogens with zero attached hydrogens (tertiary/aromatic N) is 3. The van der Waals surface area contributed by atoms with Crippen LogP contribution in [0.3, 0.4) is 0 Å². The first-order valence-corrected chi connectivity index (χ1v) is 8.08. The minimum absolute atomic E-state index is 0.151. The number of hydrogen-bond donors (Lipinski definition) is 0. The van der Waals surface area contributed by atoms with E-state index in [9.17, 15) is 4.79 Å². The maximum atomic E-state index is 12.4. The molecule has 1 aromatic carbocycles. The van der Waals surface area contributed by atoms with Gasteiger partial charge in [0.2, 0.25) is 5.91 Å². The highest BCUT2D eigenvalue weighted by atomic mass is 35.5. The fourth-order valence-corrected chi connectivity index (χ4v) is 3.14. The average Bonchev–Trinajstić information content (AvgIpc) is 3.08. The van der Waals surface area contributed by atoms with Crippen LogP contribution in [0, 0.1) is 0 Å². The van der Waals surface area contributed by atoms with Crippen molar-refractivity contribution in [2.45, 2.75) is 25.8 Å². The number of likely N-dealkylation sites (tertiary alicyclic amines) is 1. The summed E-state index contributed by atoms with van der Waals surface area (Å²) in [4.78, 5) is 18.9. The predicted octanol–water partition coefficient (Wildman–Crippen LogP) is 3.09. The Kier molecular flexibility index (Phi) is 4.36. The Balaban J connectivity index is 1.94. The highest BCUT2D eigenvalue weighted by Gasteiger charge is 2.20. The van der Waals surface area contributed by atoms with E-state index >= 15 is 0 Å². The number of carbonyl (C=O) groups excluding carboxylic acids is 1. The summed E-state index contributed by atoms with van der Waals surface area (Å²) in [5.74, 6) is 1.47. The number of benzene rings is 1. The number of hydrogen-bond acceptors (Lipinski definition) is 2. The van der Waals surface area contributed by atoms with Crippen LogP contribution in [0.2, 0.25) is 5.02 Å². The molecule has 0 N–H and O–H groups in total. The Morgan fingerprint density at radius 1 is 1.29 bits per heavy atom. The van der Waals surface area contributed by atoms with E-state index in [2.05, 4.69) is 4.98 Å². The third-order valence-electron chi connectivity index (χ3n) is 3.86. The summed E-state index contributed by atoms with van der Waals surface area (Å²) in [5.41, 5.74) is 1.75. The second-order valence-electron chi connectivity index (χ2n) is 5.27. The van der Waals surface area contributed by atoms with Gasteiger partial charge in [-0.25, -0.2) is 4.98 Å². The first-order valence-electron chi connectivity index (χ1n) is 7.17. The summed E-state index contributed by atoms with van der Waals surface area (Å²) < 4.78 is 1.97. The van der Waals surface area contributed by atoms with Crippen LogP contribution in [0.5, 0.6) is 0 Å². The number of alkyl halides is 1. The largest absolute Gasteiger partial charge is 0.341 e. The summed E-state index contributed by atoms with van der Waals surface area (Å²) in [7, 11) is 0. The molecular weight excluding hydrogens is 309 g/mol. The molecule has 3 rings (SSSR count). The van der Waals surface area contributed by atoms with Crippen molar-refractivity contribution in [1.29, 1.82) is 0 Å². The second kappa shape index (κ2) is 6.24. The molecule has 0 unspecified atom stereocenters. The molecule has 2 heterocycles. The number of rotatable bonds is 4. The molecule has 0 aliphatic carbocycles. The zero-order valence-corrected chi connectivity index (χ0v) is 13.2. The average molecular weight is 326 g/mol. The fourth-order valence-electron chi connectivity index (χ4n) is 2.81. The molecular formula is C15H17Cl2N3O. The molecule has 4 nitrogen and oxygen atoms in total. The SMILES string of the molecule is O=C(Cn1c(CCCl)nc2cc(Cl)ccc21)N1CCCC1. The van der Waals surface area contributed by atoms with E-state index in [0.717, 1.165) is 42.8 Å². The Labute approximate surface area is 133 Å². The van der Waals surface area contributed by atoms with E-state index < -0.39 is 0 Å². The highest BCUT2D eigenvalue weighted by molar-refractivity contribution is 6.31. The lowest BCUT2D eigenvalue weighted by Gasteiger charge is -2.17. The fraction of sp³-hybridized carbons (Fsp3) is 0.467. The minimum Gasteiger partial charge on any atom is -0.341 e. The van der Waals surface area contributed by atoms with Gasteiger partial charge in [-0.15, -0.1) is 11.6 Å². The molecule has 1 aliphatic rings. The smallest absolute Gasteiger partial charge is 0.242 e. The Bertz CT molecular complexity index is 662. The Hall–Kier alpha value is -1.26. The Morgan fingerprint density at radius 2 is 2.05 bits per heavy atom. The van der Waals surface area contributed by atoms with Crippen molar-refractivity contribution in [1.82, 2.24) is 14.5 Å². The third-order valence-corrected chi connectivity index (χ3v) is 4.28. The van der Waals surface area contributed by atoms with E-state index in [4.69, 9.17) is 23.2 Å². The normalized spacial score (nSPS) is 15.0. The summed E-state index contributed by atoms with van der Waals surface area (Å²) in [6, 6.07) is 5.57. The number of carbonyl (C=O) groups is 1. The van der Waals surface area contributed by atoms with Gasteiger partial charge >= 0.3 is 0 Å². The van der Waals surface area contributed by atoms with Crippen molar-refractivity contribution in [3.8, 4) is 0 Å². The van der Waals surface area contributed by atoms with Gasteiger partial charge in [0.25, 0.3) is 0 Å². The lowest BCUT2D eigenvalue weighted by atomic mass is 10.3. The lowest BCUT2D eigenvalue weighted by Crippen LogP contribution is -2.31. The number of fused-ring (bicyclic) bond motifs is 1. The lowest BCUT2D eigenvalue weighted by molar-refractivity contribution is -0.130. The van der Waals surface area contributed by atoms with Crippen molar-refractivity contribution in [3.63, 3.8) is 0 Å². The van der Waals surface area contributed by atoms with Gasteiger partial charge < -0.3 is 9.47 Å². The van der Waals surface area contributed by atoms with Gasteiger partial charge in [-0.2, -0.15) is 0 Å². The van der Waals surface area contributed by atoms with Crippen molar-refractivity contribution < 1.29 is 4.79 Å². The molecule has 0 radical (unpaired) electrons. The van der Waals surface area contributed by atoms with Gasteiger partial charge in [-0.1, -0.05) is 11.6 Å². The maximum absolute atomic E-state index is 12.4. The highest BCUT2D eigenvalue weighted by Crippen LogP contribution is 2.22. The number of imidazole rings is 1. The second-order valence-corrected chi connectivity index (χ2v) is 6.09. The van der Waals surface area contributed by atoms with Crippen LogP contribution < -0.4 is 0 Å². The zero-order chi connectivity index (χ0) is 14.8. The van der Waals surface area contributed by atoms with Crippen molar-refractivity contribution in [2.24, 2.45) is 0 Å². The van der Waals surface area contributed by atoms with Crippen LogP contribution in [0.15, 0.2) is 18.2 Å². The van der Waals surface area contributed by atoms with E-state index in [0.29, 0.717) is 23.9 Å². The predicted molar refractivity (Wildman–Crippen MR) is 85.0 cm³/mol. The molecule has 0 saturated carbocycles. The molecule has 2 aromatic rings. The van der Waals surface area contributed by atoms with E-state index in [1.165, 1.54) is 0 Å². The van der Waals surface area contributed by atoms with Crippen molar-refractivity contribution in [2.75, 3.05) is 19.0 Å². The molecule has 6 heteroatoms. The van der Waals surface area contributed by atoms with Crippen LogP contribution in [0.25, 0.3) is 11.0 Å². The topological polar surface area (TPSA) is 38.1 Å². The maximum Gasteiger partial charge on any atom is 0.242 e. The number of aryl methyl sites for hydroxylation is 1. The first kappa shape index (κ1) is 14.7. The quantitative estimate of drug-likeness (QED) is 0.810. The van der Waals surface area contributed by atoms with E-state index in [-0.39, 0.29) is 5.91 Å². The van der Waals surface area contributed by atoms with Gasteiger partial charge in [0.1, 0.15) is 12.4 Å². The summed E-state index contributed by atoms with van der Waals surface area (Å²) in [5, 5.41) is 0.649. The molecule has 1 amide bonds. The van der Waals surface area contributed by atoms with Crippen LogP contribution in [0.1, 0.15) is 18.7 Å². The molecule has 1 aliphatic heterocycles. The van der Waals surface area contributed by atoms with Crippen molar-refractivity contribution >= 4 is 40.1 Å². The molecule has 0 spiro atoms. The third kappa shape index (κ3) is 3.01. The van der Waals surface area contributed by atoms with Gasteiger partial charge in [0.15, 0.2) is 0 Å². The van der Waals surface area contributed by atoms with E-state index in [1.807, 2.05) is 27.7 Å². The van der Waals surface area contributed by atoms with Gasteiger partial charge in [-0.05, 0) is 31.0 Å². The molecule has 1 aromatic heterocycles. The van der Waals surface area contributed by atoms with Gasteiger partial charge in [0, 0.05) is 30.4 Å². The monoisotopic (exact) mass is 325 g/mol. The minimum atomic E-state index is 0.151. The molecule has 21 heavy (non-hydrogen) atoms. The molecule has 1 saturated heterocycles. The van der Waals surface area contributed by atoms with E-state index in [1.54, 1.807) is 0 Å². The van der Waals surface area contributed by atoms with Gasteiger partial charge in [0.05, 0.1) is 11.0 Å². The summed E-state index contributed by atoms with van der Waals surface area (Å²) in [6.07, 6.45) is 2.84. The molecule has 0 atom stereocenters. The van der Waals surface area contributed by atoms with Crippen LogP contribution in [-0.2, 0) is 17.8 Å². The summed E-state index contributed by atoms with van der Waals surface area (Å²) >= 11 is 11.9. The molecule has 112 valence electrons. The van der Waals surface area contributed by atoms with Crippen molar-refractivity contribution in [3.05, 3.63) is 29.0 Å². The van der Waals surface area contributed by atoms with Crippen LogP contribution in [0.4, 0.5) is 0 Å². The number of halogens is 2.